The first-order valence-electron chi connectivity index (χ1n) is 7.93. The van der Waals surface area contributed by atoms with Crippen molar-refractivity contribution in [2.24, 2.45) is 0 Å². The normalized spacial score (nSPS) is 12.5. The van der Waals surface area contributed by atoms with E-state index in [0.29, 0.717) is 11.5 Å². The number of carbonyl (C=O) groups is 1. The van der Waals surface area contributed by atoms with Gasteiger partial charge < -0.3 is 9.84 Å². The zero-order valence-corrected chi connectivity index (χ0v) is 15.3. The van der Waals surface area contributed by atoms with E-state index in [9.17, 15) is 18.3 Å². The maximum absolute atomic E-state index is 12.3. The molecule has 0 bridgehead atoms. The van der Waals surface area contributed by atoms with Crippen LogP contribution in [-0.4, -0.2) is 36.5 Å². The third-order valence-corrected chi connectivity index (χ3v) is 5.73. The summed E-state index contributed by atoms with van der Waals surface area (Å²) in [5.41, 5.74) is 3.52. The Balaban J connectivity index is 2.05. The van der Waals surface area contributed by atoms with E-state index in [2.05, 4.69) is 0 Å². The Bertz CT molecular complexity index is 877. The van der Waals surface area contributed by atoms with Gasteiger partial charge >= 0.3 is 0 Å². The molecule has 7 nitrogen and oxygen atoms in total. The lowest BCUT2D eigenvalue weighted by Gasteiger charge is -2.10. The first-order valence-corrected chi connectivity index (χ1v) is 9.58. The zero-order chi connectivity index (χ0) is 19.3. The van der Waals surface area contributed by atoms with E-state index >= 15 is 0 Å². The molecule has 0 heterocycles. The fraction of sp³-hybridized carbons (Fsp3) is 0.278. The van der Waals surface area contributed by atoms with Crippen molar-refractivity contribution in [3.63, 3.8) is 0 Å². The number of aliphatic hydroxyl groups excluding tert-OH is 1. The van der Waals surface area contributed by atoms with E-state index < -0.39 is 27.6 Å². The largest absolute Gasteiger partial charge is 0.457 e. The number of benzene rings is 2. The Morgan fingerprint density at radius 2 is 1.69 bits per heavy atom. The third-order valence-electron chi connectivity index (χ3n) is 3.97. The molecule has 140 valence electrons. The lowest BCUT2D eigenvalue weighted by atomic mass is 10.1. The zero-order valence-electron chi connectivity index (χ0n) is 14.5. The predicted molar refractivity (Wildman–Crippen MR) is 95.0 cm³/mol. The first kappa shape index (κ1) is 19.9. The molecule has 0 spiro atoms. The number of sulfone groups is 1. The van der Waals surface area contributed by atoms with Crippen LogP contribution in [0.1, 0.15) is 17.5 Å². The van der Waals surface area contributed by atoms with Gasteiger partial charge in [-0.1, -0.05) is 6.07 Å². The Morgan fingerprint density at radius 1 is 1.08 bits per heavy atom. The van der Waals surface area contributed by atoms with Gasteiger partial charge in [0.05, 0.1) is 10.6 Å². The lowest BCUT2D eigenvalue weighted by molar-refractivity contribution is -0.137. The van der Waals surface area contributed by atoms with Crippen molar-refractivity contribution in [3.05, 3.63) is 53.6 Å². The Morgan fingerprint density at radius 3 is 2.27 bits per heavy atom. The fourth-order valence-corrected chi connectivity index (χ4v) is 3.54. The molecule has 0 aliphatic carbocycles. The summed E-state index contributed by atoms with van der Waals surface area (Å²) in [4.78, 5) is 11.1. The monoisotopic (exact) mass is 379 g/mol. The molecular formula is C18H21NO6S. The molecule has 0 saturated carbocycles. The Kier molecular flexibility index (Phi) is 6.36. The molecule has 0 aliphatic heterocycles. The number of amides is 1. The van der Waals surface area contributed by atoms with Gasteiger partial charge in [-0.3, -0.25) is 10.0 Å². The summed E-state index contributed by atoms with van der Waals surface area (Å²) in [6, 6.07) is 11.6. The second-order valence-corrected chi connectivity index (χ2v) is 8.03. The summed E-state index contributed by atoms with van der Waals surface area (Å²) >= 11 is 0. The summed E-state index contributed by atoms with van der Waals surface area (Å²) in [6.45, 7) is 3.98. The second-order valence-electron chi connectivity index (χ2n) is 5.92. The van der Waals surface area contributed by atoms with Crippen molar-refractivity contribution in [2.45, 2.75) is 31.3 Å². The minimum absolute atomic E-state index is 0.0570. The van der Waals surface area contributed by atoms with Crippen LogP contribution in [0, 0.1) is 13.8 Å². The van der Waals surface area contributed by atoms with Gasteiger partial charge in [0.2, 0.25) is 0 Å². The number of hydrogen-bond acceptors (Lipinski definition) is 6. The molecule has 2 aromatic carbocycles. The van der Waals surface area contributed by atoms with E-state index in [-0.39, 0.29) is 11.3 Å². The summed E-state index contributed by atoms with van der Waals surface area (Å²) in [5.74, 6) is -0.329. The van der Waals surface area contributed by atoms with Gasteiger partial charge in [-0.2, -0.15) is 0 Å². The molecule has 0 fully saturated rings. The van der Waals surface area contributed by atoms with Gasteiger partial charge in [-0.15, -0.1) is 0 Å². The summed E-state index contributed by atoms with van der Waals surface area (Å²) in [7, 11) is -3.68. The standard InChI is InChI=1S/C18H21NO6S/c1-12-3-4-15(11-13(12)2)25-14-5-7-16(8-6-14)26(23,24)10-9-17(20)18(21)19-22/h3-8,11,17,20,22H,9-10H2,1-2H3,(H,19,21). The third kappa shape index (κ3) is 5.04. The van der Waals surface area contributed by atoms with E-state index in [4.69, 9.17) is 9.94 Å². The molecule has 1 unspecified atom stereocenters. The van der Waals surface area contributed by atoms with Crippen LogP contribution in [-0.2, 0) is 14.6 Å². The van der Waals surface area contributed by atoms with Gasteiger partial charge in [-0.05, 0) is 67.8 Å². The number of hydroxylamine groups is 1. The fourth-order valence-electron chi connectivity index (χ4n) is 2.22. The van der Waals surface area contributed by atoms with Crippen molar-refractivity contribution in [2.75, 3.05) is 5.75 Å². The molecule has 1 atom stereocenters. The highest BCUT2D eigenvalue weighted by Gasteiger charge is 2.20. The van der Waals surface area contributed by atoms with Gasteiger partial charge in [-0.25, -0.2) is 13.9 Å². The molecule has 0 aliphatic rings. The van der Waals surface area contributed by atoms with Crippen LogP contribution in [0.3, 0.4) is 0 Å². The maximum atomic E-state index is 12.3. The highest BCUT2D eigenvalue weighted by molar-refractivity contribution is 7.91. The molecular weight excluding hydrogens is 358 g/mol. The van der Waals surface area contributed by atoms with E-state index in [1.807, 2.05) is 32.0 Å². The van der Waals surface area contributed by atoms with Gasteiger partial charge in [0, 0.05) is 0 Å². The first-order chi connectivity index (χ1) is 12.2. The van der Waals surface area contributed by atoms with Crippen LogP contribution in [0.15, 0.2) is 47.4 Å². The highest BCUT2D eigenvalue weighted by Crippen LogP contribution is 2.25. The second kappa shape index (κ2) is 8.31. The smallest absolute Gasteiger partial charge is 0.272 e. The molecule has 0 radical (unpaired) electrons. The molecule has 2 aromatic rings. The average Bonchev–Trinajstić information content (AvgIpc) is 2.62. The molecule has 26 heavy (non-hydrogen) atoms. The highest BCUT2D eigenvalue weighted by atomic mass is 32.2. The number of aliphatic hydroxyl groups is 1. The van der Waals surface area contributed by atoms with Gasteiger partial charge in [0.25, 0.3) is 5.91 Å². The number of nitrogens with one attached hydrogen (secondary N) is 1. The van der Waals surface area contributed by atoms with Crippen LogP contribution < -0.4 is 10.2 Å². The average molecular weight is 379 g/mol. The quantitative estimate of drug-likeness (QED) is 0.502. The molecule has 0 aromatic heterocycles. The van der Waals surface area contributed by atoms with Crippen molar-refractivity contribution in [3.8, 4) is 11.5 Å². The number of ether oxygens (including phenoxy) is 1. The predicted octanol–water partition coefficient (Wildman–Crippen LogP) is 2.13. The molecule has 3 N–H and O–H groups in total. The van der Waals surface area contributed by atoms with Gasteiger partial charge in [0.1, 0.15) is 17.6 Å². The number of carbonyl (C=O) groups excluding carboxylic acids is 1. The van der Waals surface area contributed by atoms with Crippen molar-refractivity contribution in [1.82, 2.24) is 5.48 Å². The molecule has 0 saturated heterocycles. The minimum atomic E-state index is -3.68. The summed E-state index contributed by atoms with van der Waals surface area (Å²) in [5, 5.41) is 17.8. The Labute approximate surface area is 152 Å². The number of rotatable bonds is 7. The van der Waals surface area contributed by atoms with Crippen LogP contribution >= 0.6 is 0 Å². The van der Waals surface area contributed by atoms with E-state index in [0.717, 1.165) is 11.1 Å². The molecule has 1 amide bonds. The minimum Gasteiger partial charge on any atom is -0.457 e. The van der Waals surface area contributed by atoms with Crippen molar-refractivity contribution < 1.29 is 28.3 Å². The van der Waals surface area contributed by atoms with Crippen molar-refractivity contribution >= 4 is 15.7 Å². The van der Waals surface area contributed by atoms with Crippen molar-refractivity contribution in [1.29, 1.82) is 0 Å². The Hall–Kier alpha value is -2.42. The summed E-state index contributed by atoms with van der Waals surface area (Å²) in [6.07, 6.45) is -1.92. The SMILES string of the molecule is Cc1ccc(Oc2ccc(S(=O)(=O)CCC(O)C(=O)NO)cc2)cc1C. The van der Waals surface area contributed by atoms with Gasteiger partial charge in [0.15, 0.2) is 9.84 Å². The van der Waals surface area contributed by atoms with E-state index in [1.54, 1.807) is 12.1 Å². The lowest BCUT2D eigenvalue weighted by Crippen LogP contribution is -2.33. The van der Waals surface area contributed by atoms with Crippen LogP contribution in [0.25, 0.3) is 0 Å². The van der Waals surface area contributed by atoms with Crippen LogP contribution in [0.2, 0.25) is 0 Å². The molecule has 2 rings (SSSR count). The number of hydrogen-bond donors (Lipinski definition) is 3. The topological polar surface area (TPSA) is 113 Å². The maximum Gasteiger partial charge on any atom is 0.272 e. The number of aryl methyl sites for hydroxylation is 2. The summed E-state index contributed by atoms with van der Waals surface area (Å²) < 4.78 is 30.2. The van der Waals surface area contributed by atoms with Crippen LogP contribution in [0.4, 0.5) is 0 Å². The van der Waals surface area contributed by atoms with Crippen LogP contribution in [0.5, 0.6) is 11.5 Å². The molecule has 8 heteroatoms. The van der Waals surface area contributed by atoms with E-state index in [1.165, 1.54) is 17.6 Å².